The quantitative estimate of drug-likeness (QED) is 0.453. The second-order valence-corrected chi connectivity index (χ2v) is 3.61. The van der Waals surface area contributed by atoms with Crippen LogP contribution >= 0.6 is 0 Å². The van der Waals surface area contributed by atoms with E-state index in [1.165, 1.54) is 12.1 Å². The molecule has 0 bridgehead atoms. The van der Waals surface area contributed by atoms with Crippen LogP contribution < -0.4 is 10.6 Å². The highest BCUT2D eigenvalue weighted by atomic mass is 16.4. The van der Waals surface area contributed by atoms with E-state index in [4.69, 9.17) is 5.11 Å². The lowest BCUT2D eigenvalue weighted by atomic mass is 10.0. The van der Waals surface area contributed by atoms with Gasteiger partial charge in [-0.3, -0.25) is 14.4 Å². The lowest BCUT2D eigenvalue weighted by molar-refractivity contribution is -0.140. The van der Waals surface area contributed by atoms with Crippen LogP contribution in [0.1, 0.15) is 16.8 Å². The van der Waals surface area contributed by atoms with Crippen molar-refractivity contribution in [3.8, 4) is 0 Å². The molecular formula is C12H12N2O5. The van der Waals surface area contributed by atoms with E-state index in [1.807, 2.05) is 5.32 Å². The van der Waals surface area contributed by atoms with Crippen molar-refractivity contribution in [3.05, 3.63) is 29.8 Å². The Labute approximate surface area is 108 Å². The number of aliphatic carboxylic acids is 1. The standard InChI is InChI=1S/C12H12N2O5/c15-6-13-9-4-2-1-3-8(9)11(17)5-10(12(18)19)14-7-16/h1-4,6-7,10H,5H2,(H,13,15)(H,14,16)(H,18,19). The van der Waals surface area contributed by atoms with Crippen molar-refractivity contribution >= 4 is 30.3 Å². The Balaban J connectivity index is 2.90. The number of rotatable bonds is 8. The van der Waals surface area contributed by atoms with E-state index in [-0.39, 0.29) is 17.7 Å². The predicted octanol–water partition coefficient (Wildman–Crippen LogP) is 0.0269. The molecule has 0 radical (unpaired) electrons. The van der Waals surface area contributed by atoms with Gasteiger partial charge in [0.2, 0.25) is 12.8 Å². The number of amides is 2. The van der Waals surface area contributed by atoms with Crippen LogP contribution in [0.25, 0.3) is 0 Å². The zero-order valence-electron chi connectivity index (χ0n) is 9.83. The number of carbonyl (C=O) groups is 4. The summed E-state index contributed by atoms with van der Waals surface area (Å²) < 4.78 is 0. The Morgan fingerprint density at radius 3 is 2.47 bits per heavy atom. The number of benzene rings is 1. The Kier molecular flexibility index (Phi) is 5.21. The number of ketones is 1. The molecule has 0 aliphatic heterocycles. The molecule has 0 aromatic heterocycles. The molecule has 7 nitrogen and oxygen atoms in total. The van der Waals surface area contributed by atoms with Crippen LogP contribution in [0.2, 0.25) is 0 Å². The smallest absolute Gasteiger partial charge is 0.326 e. The molecule has 0 heterocycles. The van der Waals surface area contributed by atoms with Gasteiger partial charge in [-0.25, -0.2) is 4.79 Å². The van der Waals surface area contributed by atoms with Gasteiger partial charge in [0.15, 0.2) is 5.78 Å². The average Bonchev–Trinajstić information content (AvgIpc) is 2.39. The summed E-state index contributed by atoms with van der Waals surface area (Å²) in [5.74, 6) is -1.80. The lowest BCUT2D eigenvalue weighted by Crippen LogP contribution is -2.37. The van der Waals surface area contributed by atoms with E-state index < -0.39 is 24.2 Å². The summed E-state index contributed by atoms with van der Waals surface area (Å²) in [6, 6.07) is 4.90. The van der Waals surface area contributed by atoms with Crippen LogP contribution in [0.4, 0.5) is 5.69 Å². The van der Waals surface area contributed by atoms with E-state index in [9.17, 15) is 19.2 Å². The molecule has 19 heavy (non-hydrogen) atoms. The van der Waals surface area contributed by atoms with Gasteiger partial charge in [-0.1, -0.05) is 12.1 Å². The molecule has 0 aliphatic carbocycles. The first-order chi connectivity index (χ1) is 9.10. The summed E-state index contributed by atoms with van der Waals surface area (Å²) in [6.45, 7) is 0. The van der Waals surface area contributed by atoms with E-state index in [2.05, 4.69) is 5.32 Å². The topological polar surface area (TPSA) is 113 Å². The summed E-state index contributed by atoms with van der Waals surface area (Å²) in [5, 5.41) is 13.2. The largest absolute Gasteiger partial charge is 0.480 e. The van der Waals surface area contributed by atoms with Crippen molar-refractivity contribution in [1.82, 2.24) is 5.32 Å². The van der Waals surface area contributed by atoms with Gasteiger partial charge < -0.3 is 15.7 Å². The summed E-state index contributed by atoms with van der Waals surface area (Å²) >= 11 is 0. The lowest BCUT2D eigenvalue weighted by Gasteiger charge is -2.12. The molecule has 0 saturated carbocycles. The molecule has 0 aliphatic rings. The molecule has 0 saturated heterocycles. The second kappa shape index (κ2) is 6.90. The highest BCUT2D eigenvalue weighted by Gasteiger charge is 2.22. The fraction of sp³-hybridized carbons (Fsp3) is 0.167. The summed E-state index contributed by atoms with van der Waals surface area (Å²) in [4.78, 5) is 43.4. The third-order valence-corrected chi connectivity index (χ3v) is 2.40. The number of nitrogens with one attached hydrogen (secondary N) is 2. The van der Waals surface area contributed by atoms with Gasteiger partial charge in [0.1, 0.15) is 6.04 Å². The van der Waals surface area contributed by atoms with Crippen molar-refractivity contribution in [3.63, 3.8) is 0 Å². The SMILES string of the molecule is O=CNc1ccccc1C(=O)CC(NC=O)C(=O)O. The number of hydrogen-bond donors (Lipinski definition) is 3. The summed E-state index contributed by atoms with van der Waals surface area (Å²) in [7, 11) is 0. The monoisotopic (exact) mass is 264 g/mol. The Bertz CT molecular complexity index is 501. The molecule has 1 aromatic rings. The van der Waals surface area contributed by atoms with Crippen LogP contribution in [0.15, 0.2) is 24.3 Å². The minimum Gasteiger partial charge on any atom is -0.480 e. The molecule has 7 heteroatoms. The summed E-state index contributed by atoms with van der Waals surface area (Å²) in [6.07, 6.45) is 0.248. The summed E-state index contributed by atoms with van der Waals surface area (Å²) in [5.41, 5.74) is 0.478. The van der Waals surface area contributed by atoms with E-state index in [0.717, 1.165) is 0 Å². The Hall–Kier alpha value is -2.70. The number of hydrogen-bond acceptors (Lipinski definition) is 4. The van der Waals surface area contributed by atoms with Crippen LogP contribution in [0, 0.1) is 0 Å². The number of anilines is 1. The highest BCUT2D eigenvalue weighted by Crippen LogP contribution is 2.17. The minimum atomic E-state index is -1.30. The molecule has 0 spiro atoms. The molecule has 1 rings (SSSR count). The number of carbonyl (C=O) groups excluding carboxylic acids is 3. The fourth-order valence-corrected chi connectivity index (χ4v) is 1.51. The predicted molar refractivity (Wildman–Crippen MR) is 65.7 cm³/mol. The van der Waals surface area contributed by atoms with E-state index >= 15 is 0 Å². The highest BCUT2D eigenvalue weighted by molar-refractivity contribution is 6.04. The molecule has 2 amide bonds. The van der Waals surface area contributed by atoms with E-state index in [1.54, 1.807) is 12.1 Å². The molecule has 3 N–H and O–H groups in total. The van der Waals surface area contributed by atoms with Gasteiger partial charge in [0, 0.05) is 12.0 Å². The van der Waals surface area contributed by atoms with Gasteiger partial charge in [0.25, 0.3) is 0 Å². The fourth-order valence-electron chi connectivity index (χ4n) is 1.51. The number of carboxylic acids is 1. The van der Waals surface area contributed by atoms with Gasteiger partial charge in [-0.2, -0.15) is 0 Å². The van der Waals surface area contributed by atoms with Crippen LogP contribution in [-0.4, -0.2) is 35.7 Å². The Morgan fingerprint density at radius 1 is 1.21 bits per heavy atom. The second-order valence-electron chi connectivity index (χ2n) is 3.61. The first-order valence-electron chi connectivity index (χ1n) is 5.35. The van der Waals surface area contributed by atoms with Crippen molar-refractivity contribution in [1.29, 1.82) is 0 Å². The van der Waals surface area contributed by atoms with E-state index in [0.29, 0.717) is 6.41 Å². The first kappa shape index (κ1) is 14.4. The van der Waals surface area contributed by atoms with Gasteiger partial charge in [-0.15, -0.1) is 0 Å². The third-order valence-electron chi connectivity index (χ3n) is 2.40. The molecule has 1 atom stereocenters. The van der Waals surface area contributed by atoms with Gasteiger partial charge in [-0.05, 0) is 12.1 Å². The number of Topliss-reactive ketones (excluding diaryl/α,β-unsaturated/α-hetero) is 1. The molecular weight excluding hydrogens is 252 g/mol. The van der Waals surface area contributed by atoms with Crippen LogP contribution in [-0.2, 0) is 14.4 Å². The van der Waals surface area contributed by atoms with Crippen molar-refractivity contribution < 1.29 is 24.3 Å². The minimum absolute atomic E-state index is 0.188. The molecule has 0 fully saturated rings. The first-order valence-corrected chi connectivity index (χ1v) is 5.35. The number of para-hydroxylation sites is 1. The zero-order chi connectivity index (χ0) is 14.3. The normalized spacial score (nSPS) is 11.2. The maximum Gasteiger partial charge on any atom is 0.326 e. The van der Waals surface area contributed by atoms with Crippen molar-refractivity contribution in [2.24, 2.45) is 0 Å². The molecule has 1 aromatic carbocycles. The maximum absolute atomic E-state index is 12.0. The van der Waals surface area contributed by atoms with Gasteiger partial charge in [0.05, 0.1) is 5.69 Å². The van der Waals surface area contributed by atoms with Crippen LogP contribution in [0.3, 0.4) is 0 Å². The third kappa shape index (κ3) is 3.91. The van der Waals surface area contributed by atoms with Crippen molar-refractivity contribution in [2.45, 2.75) is 12.5 Å². The Morgan fingerprint density at radius 2 is 1.89 bits per heavy atom. The zero-order valence-corrected chi connectivity index (χ0v) is 9.83. The van der Waals surface area contributed by atoms with Gasteiger partial charge >= 0.3 is 5.97 Å². The maximum atomic E-state index is 12.0. The molecule has 100 valence electrons. The number of carboxylic acid groups (broad SMARTS) is 1. The molecule has 1 unspecified atom stereocenters. The van der Waals surface area contributed by atoms with Crippen LogP contribution in [0.5, 0.6) is 0 Å². The van der Waals surface area contributed by atoms with Crippen molar-refractivity contribution in [2.75, 3.05) is 5.32 Å². The average molecular weight is 264 g/mol.